The summed E-state index contributed by atoms with van der Waals surface area (Å²) in [6, 6.07) is 8.09. The standard InChI is InChI=1S/C16H20N4O2/c1-22-15-4-2-12(3-5-15)13-8-20(9-13)16(21)18-14-6-7-19(10-14)11-17/h2-5,13-14H,6-10H2,1H3,(H,18,21)/t14-/m1/s1. The molecule has 2 saturated heterocycles. The number of methoxy groups -OCH3 is 1. The van der Waals surface area contributed by atoms with Crippen molar-refractivity contribution in [3.8, 4) is 11.9 Å². The number of nitriles is 1. The molecular weight excluding hydrogens is 280 g/mol. The Kier molecular flexibility index (Phi) is 4.05. The molecular formula is C16H20N4O2. The number of benzene rings is 1. The van der Waals surface area contributed by atoms with E-state index in [1.165, 1.54) is 5.56 Å². The Morgan fingerprint density at radius 3 is 2.64 bits per heavy atom. The molecule has 0 radical (unpaired) electrons. The van der Waals surface area contributed by atoms with Gasteiger partial charge in [0.15, 0.2) is 6.19 Å². The fourth-order valence-corrected chi connectivity index (χ4v) is 2.97. The van der Waals surface area contributed by atoms with Crippen LogP contribution in [0.4, 0.5) is 4.79 Å². The summed E-state index contributed by atoms with van der Waals surface area (Å²) in [5, 5.41) is 11.8. The third kappa shape index (κ3) is 2.93. The molecule has 0 saturated carbocycles. The summed E-state index contributed by atoms with van der Waals surface area (Å²) in [6.07, 6.45) is 2.96. The van der Waals surface area contributed by atoms with Gasteiger partial charge in [-0.05, 0) is 24.1 Å². The summed E-state index contributed by atoms with van der Waals surface area (Å²) in [6.45, 7) is 2.84. The molecule has 6 heteroatoms. The van der Waals surface area contributed by atoms with Gasteiger partial charge in [-0.3, -0.25) is 0 Å². The Hall–Kier alpha value is -2.42. The molecule has 0 spiro atoms. The van der Waals surface area contributed by atoms with Gasteiger partial charge in [-0.15, -0.1) is 0 Å². The Morgan fingerprint density at radius 2 is 2.05 bits per heavy atom. The second kappa shape index (κ2) is 6.14. The second-order valence-electron chi connectivity index (χ2n) is 5.86. The van der Waals surface area contributed by atoms with Crippen LogP contribution in [0.5, 0.6) is 5.75 Å². The van der Waals surface area contributed by atoms with Crippen molar-refractivity contribution < 1.29 is 9.53 Å². The average Bonchev–Trinajstić information content (AvgIpc) is 2.94. The first-order valence-corrected chi connectivity index (χ1v) is 7.53. The van der Waals surface area contributed by atoms with E-state index in [2.05, 4.69) is 23.6 Å². The molecule has 1 aromatic carbocycles. The first-order valence-electron chi connectivity index (χ1n) is 7.53. The van der Waals surface area contributed by atoms with E-state index in [4.69, 9.17) is 10.00 Å². The van der Waals surface area contributed by atoms with Gasteiger partial charge in [0, 0.05) is 32.1 Å². The van der Waals surface area contributed by atoms with Crippen LogP contribution in [0.15, 0.2) is 24.3 Å². The van der Waals surface area contributed by atoms with Crippen molar-refractivity contribution in [3.63, 3.8) is 0 Å². The van der Waals surface area contributed by atoms with E-state index < -0.39 is 0 Å². The number of hydrogen-bond donors (Lipinski definition) is 1. The summed E-state index contributed by atoms with van der Waals surface area (Å²) >= 11 is 0. The van der Waals surface area contributed by atoms with Crippen molar-refractivity contribution in [1.29, 1.82) is 5.26 Å². The number of urea groups is 1. The van der Waals surface area contributed by atoms with E-state index in [0.29, 0.717) is 12.5 Å². The van der Waals surface area contributed by atoms with Crippen LogP contribution in [-0.2, 0) is 0 Å². The predicted octanol–water partition coefficient (Wildman–Crippen LogP) is 1.36. The lowest BCUT2D eigenvalue weighted by Crippen LogP contribution is -2.54. The number of likely N-dealkylation sites (tertiary alicyclic amines) is 2. The van der Waals surface area contributed by atoms with Gasteiger partial charge in [0.1, 0.15) is 5.75 Å². The highest BCUT2D eigenvalue weighted by Gasteiger charge is 2.33. The summed E-state index contributed by atoms with van der Waals surface area (Å²) in [7, 11) is 1.65. The average molecular weight is 300 g/mol. The minimum Gasteiger partial charge on any atom is -0.497 e. The van der Waals surface area contributed by atoms with Crippen LogP contribution >= 0.6 is 0 Å². The minimum atomic E-state index is -0.0189. The molecule has 2 fully saturated rings. The molecule has 22 heavy (non-hydrogen) atoms. The van der Waals surface area contributed by atoms with E-state index in [1.54, 1.807) is 12.0 Å². The van der Waals surface area contributed by atoms with Crippen LogP contribution in [-0.4, -0.2) is 55.2 Å². The monoisotopic (exact) mass is 300 g/mol. The number of carbonyl (C=O) groups is 1. The fraction of sp³-hybridized carbons (Fsp3) is 0.500. The zero-order chi connectivity index (χ0) is 15.5. The van der Waals surface area contributed by atoms with Gasteiger partial charge in [0.25, 0.3) is 0 Å². The molecule has 2 aliphatic heterocycles. The number of ether oxygens (including phenoxy) is 1. The van der Waals surface area contributed by atoms with E-state index in [-0.39, 0.29) is 12.1 Å². The minimum absolute atomic E-state index is 0.0189. The van der Waals surface area contributed by atoms with Crippen molar-refractivity contribution in [3.05, 3.63) is 29.8 Å². The topological polar surface area (TPSA) is 68.6 Å². The molecule has 0 unspecified atom stereocenters. The maximum atomic E-state index is 12.1. The highest BCUT2D eigenvalue weighted by molar-refractivity contribution is 5.75. The van der Waals surface area contributed by atoms with Crippen LogP contribution in [0.25, 0.3) is 0 Å². The first kappa shape index (κ1) is 14.5. The van der Waals surface area contributed by atoms with Crippen LogP contribution in [0.1, 0.15) is 17.9 Å². The maximum absolute atomic E-state index is 12.1. The van der Waals surface area contributed by atoms with E-state index in [0.717, 1.165) is 31.8 Å². The Bertz CT molecular complexity index is 575. The molecule has 0 aliphatic carbocycles. The van der Waals surface area contributed by atoms with E-state index in [1.807, 2.05) is 17.0 Å². The van der Waals surface area contributed by atoms with E-state index in [9.17, 15) is 4.79 Å². The maximum Gasteiger partial charge on any atom is 0.317 e. The van der Waals surface area contributed by atoms with Gasteiger partial charge >= 0.3 is 6.03 Å². The molecule has 1 N–H and O–H groups in total. The van der Waals surface area contributed by atoms with Gasteiger partial charge in [-0.2, -0.15) is 5.26 Å². The zero-order valence-electron chi connectivity index (χ0n) is 12.7. The normalized spacial score (nSPS) is 21.2. The highest BCUT2D eigenvalue weighted by Crippen LogP contribution is 2.28. The molecule has 6 nitrogen and oxygen atoms in total. The molecule has 2 amide bonds. The van der Waals surface area contributed by atoms with Gasteiger partial charge in [0.2, 0.25) is 0 Å². The number of nitrogens with zero attached hydrogens (tertiary/aromatic N) is 3. The SMILES string of the molecule is COc1ccc(C2CN(C(=O)N[C@@H]3CCN(C#N)C3)C2)cc1. The third-order valence-electron chi connectivity index (χ3n) is 4.41. The highest BCUT2D eigenvalue weighted by atomic mass is 16.5. The van der Waals surface area contributed by atoms with Gasteiger partial charge in [-0.25, -0.2) is 4.79 Å². The molecule has 3 rings (SSSR count). The lowest BCUT2D eigenvalue weighted by atomic mass is 9.92. The van der Waals surface area contributed by atoms with Gasteiger partial charge in [0.05, 0.1) is 13.2 Å². The smallest absolute Gasteiger partial charge is 0.317 e. The molecule has 0 aromatic heterocycles. The third-order valence-corrected chi connectivity index (χ3v) is 4.41. The van der Waals surface area contributed by atoms with Crippen LogP contribution < -0.4 is 10.1 Å². The molecule has 2 heterocycles. The molecule has 1 atom stereocenters. The lowest BCUT2D eigenvalue weighted by Gasteiger charge is -2.40. The molecule has 2 aliphatic rings. The zero-order valence-corrected chi connectivity index (χ0v) is 12.7. The Morgan fingerprint density at radius 1 is 1.32 bits per heavy atom. The lowest BCUT2D eigenvalue weighted by molar-refractivity contribution is 0.148. The molecule has 116 valence electrons. The summed E-state index contributed by atoms with van der Waals surface area (Å²) in [5.74, 6) is 1.25. The number of rotatable bonds is 3. The second-order valence-corrected chi connectivity index (χ2v) is 5.86. The summed E-state index contributed by atoms with van der Waals surface area (Å²) in [5.41, 5.74) is 1.24. The Labute approximate surface area is 130 Å². The van der Waals surface area contributed by atoms with Crippen molar-refractivity contribution in [2.24, 2.45) is 0 Å². The fourth-order valence-electron chi connectivity index (χ4n) is 2.97. The molecule has 1 aromatic rings. The summed E-state index contributed by atoms with van der Waals surface area (Å²) < 4.78 is 5.15. The quantitative estimate of drug-likeness (QED) is 0.856. The van der Waals surface area contributed by atoms with Gasteiger partial charge < -0.3 is 19.9 Å². The van der Waals surface area contributed by atoms with Crippen molar-refractivity contribution >= 4 is 6.03 Å². The number of carbonyl (C=O) groups excluding carboxylic acids is 1. The number of nitrogens with one attached hydrogen (secondary N) is 1. The van der Waals surface area contributed by atoms with E-state index >= 15 is 0 Å². The van der Waals surface area contributed by atoms with Crippen molar-refractivity contribution in [1.82, 2.24) is 15.1 Å². The Balaban J connectivity index is 1.46. The number of hydrogen-bond acceptors (Lipinski definition) is 4. The molecule has 0 bridgehead atoms. The summed E-state index contributed by atoms with van der Waals surface area (Å²) in [4.78, 5) is 15.7. The largest absolute Gasteiger partial charge is 0.497 e. The first-order chi connectivity index (χ1) is 10.7. The van der Waals surface area contributed by atoms with Crippen LogP contribution in [0.2, 0.25) is 0 Å². The van der Waals surface area contributed by atoms with Crippen molar-refractivity contribution in [2.75, 3.05) is 33.3 Å². The number of amides is 2. The van der Waals surface area contributed by atoms with Crippen LogP contribution in [0.3, 0.4) is 0 Å². The van der Waals surface area contributed by atoms with Gasteiger partial charge in [-0.1, -0.05) is 12.1 Å². The predicted molar refractivity (Wildman–Crippen MR) is 81.4 cm³/mol. The van der Waals surface area contributed by atoms with Crippen molar-refractivity contribution in [2.45, 2.75) is 18.4 Å². The van der Waals surface area contributed by atoms with Crippen LogP contribution in [0, 0.1) is 11.5 Å².